The van der Waals surface area contributed by atoms with Gasteiger partial charge in [0.05, 0.1) is 24.5 Å². The zero-order valence-electron chi connectivity index (χ0n) is 13.9. The summed E-state index contributed by atoms with van der Waals surface area (Å²) in [7, 11) is 3.08. The number of nitrogens with one attached hydrogen (secondary N) is 2. The van der Waals surface area contributed by atoms with E-state index in [1.54, 1.807) is 23.9 Å². The van der Waals surface area contributed by atoms with Gasteiger partial charge in [0, 0.05) is 24.4 Å². The fourth-order valence-electron chi connectivity index (χ4n) is 2.86. The van der Waals surface area contributed by atoms with E-state index in [0.717, 1.165) is 0 Å². The molecule has 0 aliphatic heterocycles. The van der Waals surface area contributed by atoms with Gasteiger partial charge in [-0.1, -0.05) is 11.6 Å². The minimum absolute atomic E-state index is 0.130. The Kier molecular flexibility index (Phi) is 3.84. The lowest BCUT2D eigenvalue weighted by Crippen LogP contribution is -2.07. The summed E-state index contributed by atoms with van der Waals surface area (Å²) in [5.41, 5.74) is 2.48. The van der Waals surface area contributed by atoms with Gasteiger partial charge in [0.15, 0.2) is 5.82 Å². The van der Waals surface area contributed by atoms with E-state index < -0.39 is 12.0 Å². The molecular formula is C15H11ClF3N7O. The van der Waals surface area contributed by atoms with E-state index in [4.69, 9.17) is 16.3 Å². The van der Waals surface area contributed by atoms with Crippen LogP contribution in [-0.4, -0.2) is 42.0 Å². The van der Waals surface area contributed by atoms with Crippen molar-refractivity contribution in [2.75, 3.05) is 7.11 Å². The molecule has 0 aliphatic carbocycles. The molecule has 140 valence electrons. The van der Waals surface area contributed by atoms with E-state index >= 15 is 0 Å². The Morgan fingerprint density at radius 3 is 2.63 bits per heavy atom. The summed E-state index contributed by atoms with van der Waals surface area (Å²) in [6.07, 6.45) is -1.52. The van der Waals surface area contributed by atoms with Crippen LogP contribution in [0.25, 0.3) is 33.7 Å². The van der Waals surface area contributed by atoms with E-state index in [-0.39, 0.29) is 16.7 Å². The number of fused-ring (bicyclic) bond motifs is 1. The first kappa shape index (κ1) is 17.3. The number of hydrogen-bond acceptors (Lipinski definition) is 5. The van der Waals surface area contributed by atoms with Gasteiger partial charge in [0.2, 0.25) is 11.7 Å². The van der Waals surface area contributed by atoms with E-state index in [2.05, 4.69) is 25.3 Å². The molecule has 0 saturated carbocycles. The quantitative estimate of drug-likeness (QED) is 0.552. The van der Waals surface area contributed by atoms with Gasteiger partial charge in [-0.2, -0.15) is 23.4 Å². The first-order valence-electron chi connectivity index (χ1n) is 7.53. The number of aromatic amines is 2. The van der Waals surface area contributed by atoms with Crippen molar-refractivity contribution >= 4 is 22.6 Å². The largest absolute Gasteiger partial charge is 0.480 e. The Bertz CT molecular complexity index is 1130. The molecule has 0 fully saturated rings. The average molecular weight is 398 g/mol. The summed E-state index contributed by atoms with van der Waals surface area (Å²) >= 11 is 6.17. The van der Waals surface area contributed by atoms with Crippen LogP contribution in [0, 0.1) is 0 Å². The molecule has 0 amide bonds. The summed E-state index contributed by atoms with van der Waals surface area (Å²) in [6.45, 7) is 0. The molecule has 0 unspecified atom stereocenters. The molecule has 27 heavy (non-hydrogen) atoms. The van der Waals surface area contributed by atoms with Gasteiger partial charge < -0.3 is 9.30 Å². The molecule has 4 aromatic heterocycles. The molecule has 0 bridgehead atoms. The summed E-state index contributed by atoms with van der Waals surface area (Å²) in [5.74, 6) is -1.13. The van der Waals surface area contributed by atoms with Crippen molar-refractivity contribution in [2.45, 2.75) is 6.18 Å². The minimum Gasteiger partial charge on any atom is -0.480 e. The number of alkyl halides is 3. The molecule has 0 spiro atoms. The van der Waals surface area contributed by atoms with Crippen molar-refractivity contribution < 1.29 is 17.9 Å². The third-order valence-corrected chi connectivity index (χ3v) is 4.31. The number of rotatable bonds is 3. The maximum absolute atomic E-state index is 12.9. The highest BCUT2D eigenvalue weighted by atomic mass is 35.5. The fraction of sp³-hybridized carbons (Fsp3) is 0.200. The van der Waals surface area contributed by atoms with Gasteiger partial charge in [-0.15, -0.1) is 0 Å². The first-order valence-corrected chi connectivity index (χ1v) is 7.91. The number of halogens is 4. The van der Waals surface area contributed by atoms with Crippen LogP contribution in [0.4, 0.5) is 13.2 Å². The van der Waals surface area contributed by atoms with Crippen LogP contribution >= 0.6 is 11.6 Å². The second-order valence-corrected chi connectivity index (χ2v) is 6.03. The Morgan fingerprint density at radius 2 is 2.04 bits per heavy atom. The van der Waals surface area contributed by atoms with Crippen molar-refractivity contribution in [1.29, 1.82) is 0 Å². The maximum Gasteiger partial charge on any atom is 0.451 e. The molecule has 4 heterocycles. The van der Waals surface area contributed by atoms with Crippen LogP contribution in [0.3, 0.4) is 0 Å². The van der Waals surface area contributed by atoms with Gasteiger partial charge in [0.25, 0.3) is 0 Å². The molecule has 12 heteroatoms. The zero-order chi connectivity index (χ0) is 19.3. The van der Waals surface area contributed by atoms with Gasteiger partial charge >= 0.3 is 6.18 Å². The molecule has 2 N–H and O–H groups in total. The van der Waals surface area contributed by atoms with Crippen LogP contribution in [0.15, 0.2) is 18.5 Å². The molecule has 0 saturated heterocycles. The molecule has 0 radical (unpaired) electrons. The van der Waals surface area contributed by atoms with Crippen LogP contribution < -0.4 is 4.74 Å². The van der Waals surface area contributed by atoms with Crippen molar-refractivity contribution in [2.24, 2.45) is 7.05 Å². The van der Waals surface area contributed by atoms with Crippen LogP contribution in [0.2, 0.25) is 5.02 Å². The number of pyridine rings is 1. The zero-order valence-corrected chi connectivity index (χ0v) is 14.6. The SMILES string of the molecule is COc1nc2c(-c3cn[nH]c3)c(-c3n[nH]c(C(F)(F)F)n3)n(C)c2cc1Cl. The first-order chi connectivity index (χ1) is 12.8. The predicted molar refractivity (Wildman–Crippen MR) is 90.2 cm³/mol. The van der Waals surface area contributed by atoms with Crippen molar-refractivity contribution in [3.05, 3.63) is 29.3 Å². The third kappa shape index (κ3) is 2.70. The summed E-state index contributed by atoms with van der Waals surface area (Å²) < 4.78 is 45.6. The van der Waals surface area contributed by atoms with E-state index in [1.807, 2.05) is 5.10 Å². The van der Waals surface area contributed by atoms with Gasteiger partial charge in [-0.25, -0.2) is 9.97 Å². The second-order valence-electron chi connectivity index (χ2n) is 5.62. The predicted octanol–water partition coefficient (Wildman–Crippen LogP) is 3.43. The van der Waals surface area contributed by atoms with Gasteiger partial charge in [0.1, 0.15) is 10.5 Å². The lowest BCUT2D eigenvalue weighted by atomic mass is 10.1. The molecule has 0 aromatic carbocycles. The topological polar surface area (TPSA) is 97.3 Å². The van der Waals surface area contributed by atoms with Crippen LogP contribution in [0.5, 0.6) is 5.88 Å². The Labute approximate surface area is 154 Å². The monoisotopic (exact) mass is 397 g/mol. The van der Waals surface area contributed by atoms with Crippen molar-refractivity contribution in [3.63, 3.8) is 0 Å². The molecular weight excluding hydrogens is 387 g/mol. The number of aryl methyl sites for hydroxylation is 1. The molecule has 0 aliphatic rings. The summed E-state index contributed by atoms with van der Waals surface area (Å²) in [4.78, 5) is 8.02. The number of ether oxygens (including phenoxy) is 1. The number of methoxy groups -OCH3 is 1. The van der Waals surface area contributed by atoms with Crippen LogP contribution in [0.1, 0.15) is 5.82 Å². The van der Waals surface area contributed by atoms with E-state index in [0.29, 0.717) is 27.9 Å². The molecule has 0 atom stereocenters. The van der Waals surface area contributed by atoms with Gasteiger partial charge in [-0.3, -0.25) is 10.2 Å². The van der Waals surface area contributed by atoms with Crippen molar-refractivity contribution in [1.82, 2.24) is 34.9 Å². The Morgan fingerprint density at radius 1 is 1.26 bits per heavy atom. The fourth-order valence-corrected chi connectivity index (χ4v) is 3.09. The lowest BCUT2D eigenvalue weighted by molar-refractivity contribution is -0.144. The highest BCUT2D eigenvalue weighted by Gasteiger charge is 2.36. The summed E-state index contributed by atoms with van der Waals surface area (Å²) in [6, 6.07) is 1.62. The molecule has 4 aromatic rings. The molecule has 4 rings (SSSR count). The molecule has 8 nitrogen and oxygen atoms in total. The van der Waals surface area contributed by atoms with E-state index in [9.17, 15) is 13.2 Å². The number of nitrogens with zero attached hydrogens (tertiary/aromatic N) is 5. The number of hydrogen-bond donors (Lipinski definition) is 2. The van der Waals surface area contributed by atoms with Crippen LogP contribution in [-0.2, 0) is 13.2 Å². The number of H-pyrrole nitrogens is 2. The Balaban J connectivity index is 2.06. The average Bonchev–Trinajstić information content (AvgIpc) is 3.33. The van der Waals surface area contributed by atoms with E-state index in [1.165, 1.54) is 13.3 Å². The lowest BCUT2D eigenvalue weighted by Gasteiger charge is -2.03. The maximum atomic E-state index is 12.9. The highest BCUT2D eigenvalue weighted by Crippen LogP contribution is 2.41. The Hall–Kier alpha value is -3.08. The summed E-state index contributed by atoms with van der Waals surface area (Å²) in [5, 5.41) is 12.5. The third-order valence-electron chi connectivity index (χ3n) is 4.04. The number of aromatic nitrogens is 7. The minimum atomic E-state index is -4.64. The second kappa shape index (κ2) is 5.98. The smallest absolute Gasteiger partial charge is 0.451 e. The normalized spacial score (nSPS) is 12.1. The van der Waals surface area contributed by atoms with Gasteiger partial charge in [-0.05, 0) is 6.07 Å². The van der Waals surface area contributed by atoms with Crippen molar-refractivity contribution in [3.8, 4) is 28.5 Å². The highest BCUT2D eigenvalue weighted by molar-refractivity contribution is 6.32. The standard InChI is InChI=1S/C15H11ClF3N7O/c1-26-8-3-7(16)13(27-2)22-10(8)9(6-4-20-21-5-6)11(26)12-23-14(25-24-12)15(17,18)19/h3-5H,1-2H3,(H,20,21)(H,23,24,25).